The van der Waals surface area contributed by atoms with Gasteiger partial charge >= 0.3 is 0 Å². The lowest BCUT2D eigenvalue weighted by Crippen LogP contribution is -2.62. The average Bonchev–Trinajstić information content (AvgIpc) is 3.36. The van der Waals surface area contributed by atoms with E-state index in [9.17, 15) is 48.6 Å². The molecule has 0 spiro atoms. The van der Waals surface area contributed by atoms with Crippen molar-refractivity contribution in [1.82, 2.24) is 37.2 Å². The van der Waals surface area contributed by atoms with Crippen LogP contribution in [0.3, 0.4) is 0 Å². The van der Waals surface area contributed by atoms with Gasteiger partial charge in [-0.2, -0.15) is 0 Å². The Morgan fingerprint density at radius 3 is 2.05 bits per heavy atom. The van der Waals surface area contributed by atoms with Gasteiger partial charge in [0.1, 0.15) is 42.0 Å². The Morgan fingerprint density at radius 2 is 1.38 bits per heavy atom. The number of primary amides is 1. The molecule has 1 saturated heterocycles. The molecule has 1 heterocycles. The average molecular weight is 1060 g/mol. The molecule has 17 N–H and O–H groups in total. The van der Waals surface area contributed by atoms with E-state index in [2.05, 4.69) is 42.2 Å². The molecule has 1 fully saturated rings. The van der Waals surface area contributed by atoms with Gasteiger partial charge in [-0.05, 0) is 72.7 Å². The SMILES string of the molecule is CC1(C)SSC[C@@H](C(=O)N[C@@H](CCCN=C(N)N)C(N)=O)NC(=O)[C@H](Cc2ccccc2)NC(=O)[C@H](CO)NC(=O)CNC(=O)[C@H](Cc2ccc3ccccc3c2)NC(=O)[C@H]1NC(=O)[C@@H](N)Cc1ccc(O)cc1. The fourth-order valence-electron chi connectivity index (χ4n) is 7.73. The Hall–Kier alpha value is -7.41. The Morgan fingerprint density at radius 1 is 0.757 bits per heavy atom. The van der Waals surface area contributed by atoms with E-state index in [-0.39, 0.29) is 56.1 Å². The minimum atomic E-state index is -1.63. The van der Waals surface area contributed by atoms with E-state index in [4.69, 9.17) is 22.9 Å². The van der Waals surface area contributed by atoms with Crippen LogP contribution in [0.15, 0.2) is 102 Å². The number of fused-ring (bicyclic) bond motifs is 1. The maximum atomic E-state index is 14.8. The van der Waals surface area contributed by atoms with Crippen molar-refractivity contribution in [3.05, 3.63) is 114 Å². The molecular weight excluding hydrogens is 993 g/mol. The second-order valence-electron chi connectivity index (χ2n) is 18.1. The summed E-state index contributed by atoms with van der Waals surface area (Å²) in [5, 5.41) is 40.1. The van der Waals surface area contributed by atoms with Crippen LogP contribution in [0.4, 0.5) is 0 Å². The molecule has 0 bridgehead atoms. The fourth-order valence-corrected chi connectivity index (χ4v) is 10.5. The molecule has 24 heteroatoms. The molecule has 0 aliphatic carbocycles. The van der Waals surface area contributed by atoms with Crippen LogP contribution in [0.2, 0.25) is 0 Å². The summed E-state index contributed by atoms with van der Waals surface area (Å²) in [5.74, 6) is -7.32. The lowest BCUT2D eigenvalue weighted by Gasteiger charge is -2.35. The second kappa shape index (κ2) is 27.6. The topological polar surface area (TPSA) is 378 Å². The number of nitrogens with zero attached hydrogens (tertiary/aromatic N) is 1. The van der Waals surface area contributed by atoms with Gasteiger partial charge in [0.15, 0.2) is 5.96 Å². The van der Waals surface area contributed by atoms with E-state index < -0.39 is 107 Å². The quantitative estimate of drug-likeness (QED) is 0.0267. The van der Waals surface area contributed by atoms with E-state index in [0.29, 0.717) is 16.7 Å². The number of carbonyl (C=O) groups excluding carboxylic acids is 8. The van der Waals surface area contributed by atoms with Crippen molar-refractivity contribution in [2.75, 3.05) is 25.4 Å². The van der Waals surface area contributed by atoms with E-state index in [0.717, 1.165) is 32.4 Å². The van der Waals surface area contributed by atoms with Gasteiger partial charge < -0.3 is 70.4 Å². The van der Waals surface area contributed by atoms with Gasteiger partial charge in [0.05, 0.1) is 19.2 Å². The largest absolute Gasteiger partial charge is 0.508 e. The van der Waals surface area contributed by atoms with Gasteiger partial charge in [-0.25, -0.2) is 0 Å². The summed E-state index contributed by atoms with van der Waals surface area (Å²) in [6, 6.07) is 17.8. The summed E-state index contributed by atoms with van der Waals surface area (Å²) in [7, 11) is 2.06. The standard InChI is InChI=1S/C50H64N12O10S2/c1-50(2)41(62-43(67)34(51)22-29-15-18-33(64)19-16-29)48(72)60-36(24-30-14-17-31-11-6-7-12-32(31)21-30)44(68)56-25-40(65)57-38(26-63)46(70)59-37(23-28-9-4-3-5-10-28)45(69)61-39(27-73-74-50)47(71)58-35(42(52)66)13-8-20-55-49(53)54/h3-7,9-12,14-19,21,34-39,41,63-64H,8,13,20,22-27,51H2,1-2H3,(H2,52,66)(H,56,68)(H,57,65)(H,58,71)(H,59,70)(H,60,72)(H,61,69)(H,62,67)(H4,53,54,55)/t34-,35-,36-,37-,38-,39-,41+/m0/s1. The number of guanidine groups is 1. The Balaban J connectivity index is 1.54. The third-order valence-electron chi connectivity index (χ3n) is 11.8. The number of phenolic OH excluding ortho intramolecular Hbond substituents is 1. The van der Waals surface area contributed by atoms with Crippen LogP contribution in [-0.2, 0) is 57.6 Å². The minimum Gasteiger partial charge on any atom is -0.508 e. The number of aliphatic hydroxyl groups excluding tert-OH is 1. The molecule has 1 aliphatic heterocycles. The van der Waals surface area contributed by atoms with Gasteiger partial charge in [0, 0.05) is 29.9 Å². The van der Waals surface area contributed by atoms with Gasteiger partial charge in [0.25, 0.3) is 0 Å². The van der Waals surface area contributed by atoms with Crippen LogP contribution in [0.1, 0.15) is 43.4 Å². The third kappa shape index (κ3) is 17.7. The summed E-state index contributed by atoms with van der Waals surface area (Å²) in [6.07, 6.45) is 0.0444. The zero-order chi connectivity index (χ0) is 54.0. The highest BCUT2D eigenvalue weighted by molar-refractivity contribution is 8.77. The molecule has 0 aromatic heterocycles. The van der Waals surface area contributed by atoms with Crippen LogP contribution in [0.5, 0.6) is 5.75 Å². The number of phenols is 1. The number of hydrogen-bond acceptors (Lipinski definition) is 14. The number of carbonyl (C=O) groups is 8. The van der Waals surface area contributed by atoms with E-state index in [1.165, 1.54) is 12.1 Å². The lowest BCUT2D eigenvalue weighted by molar-refractivity contribution is -0.135. The molecule has 8 amide bonds. The number of nitrogens with one attached hydrogen (secondary N) is 7. The predicted octanol–water partition coefficient (Wildman–Crippen LogP) is -1.37. The van der Waals surface area contributed by atoms with Crippen molar-refractivity contribution in [1.29, 1.82) is 0 Å². The molecule has 74 heavy (non-hydrogen) atoms. The molecule has 0 radical (unpaired) electrons. The Kier molecular flexibility index (Phi) is 21.4. The van der Waals surface area contributed by atoms with Gasteiger partial charge in [-0.1, -0.05) is 107 Å². The third-order valence-corrected chi connectivity index (χ3v) is 15.1. The summed E-state index contributed by atoms with van der Waals surface area (Å²) >= 11 is 0. The molecular formula is C50H64N12O10S2. The smallest absolute Gasteiger partial charge is 0.245 e. The minimum absolute atomic E-state index is 0.00512. The van der Waals surface area contributed by atoms with E-state index >= 15 is 0 Å². The van der Waals surface area contributed by atoms with Crippen molar-refractivity contribution >= 4 is 85.6 Å². The number of aromatic hydroxyl groups is 1. The van der Waals surface area contributed by atoms with Gasteiger partial charge in [-0.3, -0.25) is 43.3 Å². The van der Waals surface area contributed by atoms with Crippen LogP contribution in [-0.4, -0.2) is 136 Å². The monoisotopic (exact) mass is 1060 g/mol. The molecule has 0 saturated carbocycles. The highest BCUT2D eigenvalue weighted by Crippen LogP contribution is 2.39. The van der Waals surface area contributed by atoms with Crippen LogP contribution < -0.4 is 60.2 Å². The molecule has 4 aromatic rings. The first-order valence-corrected chi connectivity index (χ1v) is 25.9. The molecule has 1 aliphatic rings. The number of hydrogen-bond donors (Lipinski definition) is 13. The normalized spacial score (nSPS) is 21.0. The summed E-state index contributed by atoms with van der Waals surface area (Å²) < 4.78 is -1.32. The molecule has 4 aromatic carbocycles. The maximum absolute atomic E-state index is 14.8. The van der Waals surface area contributed by atoms with E-state index in [1.54, 1.807) is 62.4 Å². The highest BCUT2D eigenvalue weighted by atomic mass is 33.1. The fraction of sp³-hybridized carbons (Fsp3) is 0.380. The molecule has 5 rings (SSSR count). The zero-order valence-electron chi connectivity index (χ0n) is 40.9. The van der Waals surface area contributed by atoms with Crippen LogP contribution >= 0.6 is 21.6 Å². The van der Waals surface area contributed by atoms with Gasteiger partial charge in [-0.15, -0.1) is 0 Å². The maximum Gasteiger partial charge on any atom is 0.245 e. The molecule has 7 atom stereocenters. The number of aliphatic hydroxyl groups is 1. The Labute approximate surface area is 435 Å². The van der Waals surface area contributed by atoms with Crippen LogP contribution in [0.25, 0.3) is 10.8 Å². The highest BCUT2D eigenvalue weighted by Gasteiger charge is 2.41. The first kappa shape index (κ1) is 57.5. The first-order valence-electron chi connectivity index (χ1n) is 23.6. The van der Waals surface area contributed by atoms with Gasteiger partial charge in [0.2, 0.25) is 47.3 Å². The number of rotatable bonds is 16. The predicted molar refractivity (Wildman–Crippen MR) is 282 cm³/mol. The number of amides is 8. The summed E-state index contributed by atoms with van der Waals surface area (Å²) in [6.45, 7) is 1.73. The lowest BCUT2D eigenvalue weighted by atomic mass is 9.98. The molecule has 396 valence electrons. The Bertz CT molecular complexity index is 2660. The van der Waals surface area contributed by atoms with Crippen molar-refractivity contribution < 1.29 is 48.6 Å². The van der Waals surface area contributed by atoms with Crippen molar-refractivity contribution in [3.63, 3.8) is 0 Å². The summed E-state index contributed by atoms with van der Waals surface area (Å²) in [4.78, 5) is 115. The van der Waals surface area contributed by atoms with Crippen molar-refractivity contribution in [2.45, 2.75) is 93.0 Å². The summed E-state index contributed by atoms with van der Waals surface area (Å²) in [5.41, 5.74) is 24.8. The van der Waals surface area contributed by atoms with E-state index in [1.807, 2.05) is 36.4 Å². The number of nitrogens with two attached hydrogens (primary N) is 4. The van der Waals surface area contributed by atoms with Crippen LogP contribution in [0, 0.1) is 0 Å². The first-order chi connectivity index (χ1) is 35.2. The van der Waals surface area contributed by atoms with Crippen molar-refractivity contribution in [3.8, 4) is 5.75 Å². The molecule has 0 unspecified atom stereocenters. The second-order valence-corrected chi connectivity index (χ2v) is 21.1. The molecule has 22 nitrogen and oxygen atoms in total. The number of benzene rings is 4. The number of aliphatic imine (C=N–C) groups is 1. The van der Waals surface area contributed by atoms with Crippen molar-refractivity contribution in [2.24, 2.45) is 27.9 Å². The zero-order valence-corrected chi connectivity index (χ0v) is 42.5.